The van der Waals surface area contributed by atoms with E-state index in [0.717, 1.165) is 16.3 Å². The summed E-state index contributed by atoms with van der Waals surface area (Å²) in [5.41, 5.74) is 6.90. The Kier molecular flexibility index (Phi) is 10.5. The molecule has 9 heteroatoms. The number of aliphatic hydroxyl groups is 1. The third kappa shape index (κ3) is 8.30. The van der Waals surface area contributed by atoms with E-state index >= 15 is 0 Å². The second kappa shape index (κ2) is 14.1. The number of amides is 3. The minimum Gasteiger partial charge on any atom is -0.393 e. The van der Waals surface area contributed by atoms with Crippen molar-refractivity contribution in [3.05, 3.63) is 95.8 Å². The van der Waals surface area contributed by atoms with Gasteiger partial charge in [-0.25, -0.2) is 4.39 Å². The minimum atomic E-state index is -1.05. The average molecular weight is 603 g/mol. The van der Waals surface area contributed by atoms with Crippen LogP contribution < -0.4 is 5.73 Å². The maximum absolute atomic E-state index is 14.4. The molecule has 3 N–H and O–H groups in total. The fourth-order valence-electron chi connectivity index (χ4n) is 5.51. The van der Waals surface area contributed by atoms with Crippen LogP contribution in [0.4, 0.5) is 4.39 Å². The molecule has 0 bridgehead atoms. The summed E-state index contributed by atoms with van der Waals surface area (Å²) in [6.45, 7) is 4.42. The molecular formula is C35H43FN4O4. The molecule has 0 radical (unpaired) electrons. The number of piperidine rings is 1. The second-order valence-electron chi connectivity index (χ2n) is 12.4. The number of benzene rings is 3. The fourth-order valence-corrected chi connectivity index (χ4v) is 5.51. The quantitative estimate of drug-likeness (QED) is 0.338. The van der Waals surface area contributed by atoms with Gasteiger partial charge in [0, 0.05) is 39.1 Å². The lowest BCUT2D eigenvalue weighted by atomic mass is 9.97. The topological polar surface area (TPSA) is 107 Å². The summed E-state index contributed by atoms with van der Waals surface area (Å²) < 4.78 is 13.9. The maximum Gasteiger partial charge on any atom is 0.250 e. The Balaban J connectivity index is 1.69. The van der Waals surface area contributed by atoms with E-state index in [9.17, 15) is 23.9 Å². The summed E-state index contributed by atoms with van der Waals surface area (Å²) in [5, 5.41) is 12.1. The number of fused-ring (bicyclic) bond motifs is 1. The molecule has 2 atom stereocenters. The van der Waals surface area contributed by atoms with Gasteiger partial charge < -0.3 is 25.5 Å². The van der Waals surface area contributed by atoms with Crippen molar-refractivity contribution >= 4 is 28.5 Å². The van der Waals surface area contributed by atoms with E-state index < -0.39 is 35.5 Å². The lowest BCUT2D eigenvalue weighted by Crippen LogP contribution is -2.53. The van der Waals surface area contributed by atoms with Crippen LogP contribution in [0.1, 0.15) is 50.3 Å². The molecule has 1 heterocycles. The molecule has 0 aromatic heterocycles. The van der Waals surface area contributed by atoms with Crippen molar-refractivity contribution in [2.24, 2.45) is 5.73 Å². The van der Waals surface area contributed by atoms with E-state index in [1.807, 2.05) is 56.3 Å². The number of hydrogen-bond acceptors (Lipinski definition) is 5. The Labute approximate surface area is 258 Å². The van der Waals surface area contributed by atoms with Gasteiger partial charge in [0.1, 0.15) is 17.9 Å². The Morgan fingerprint density at radius 1 is 1.00 bits per heavy atom. The van der Waals surface area contributed by atoms with Crippen LogP contribution in [-0.4, -0.2) is 82.4 Å². The molecule has 1 aliphatic heterocycles. The van der Waals surface area contributed by atoms with Crippen LogP contribution in [0.25, 0.3) is 10.8 Å². The van der Waals surface area contributed by atoms with E-state index in [-0.39, 0.29) is 18.2 Å². The standard InChI is InChI=1S/C35H43FN4O4/c1-35(2,37)19-7-10-31(42)38(3)30(23-24-11-12-25-8-5-6-9-27(25)22-24)33(43)39(4)32(26-13-15-28(36)16-14-26)34(44)40-20-17-29(41)18-21-40/h5-16,22,29-30,32,41H,17-21,23,37H2,1-4H3/b10-7+/t30-,32?/m1/s1. The maximum atomic E-state index is 14.4. The summed E-state index contributed by atoms with van der Waals surface area (Å²) in [7, 11) is 3.13. The first-order valence-corrected chi connectivity index (χ1v) is 15.0. The second-order valence-corrected chi connectivity index (χ2v) is 12.4. The molecule has 234 valence electrons. The van der Waals surface area contributed by atoms with Crippen LogP contribution in [0.5, 0.6) is 0 Å². The highest BCUT2D eigenvalue weighted by molar-refractivity contribution is 5.95. The minimum absolute atomic E-state index is 0.215. The number of carbonyl (C=O) groups is 3. The van der Waals surface area contributed by atoms with Gasteiger partial charge >= 0.3 is 0 Å². The molecule has 0 saturated carbocycles. The first-order chi connectivity index (χ1) is 20.8. The molecule has 1 unspecified atom stereocenters. The molecule has 1 fully saturated rings. The first-order valence-electron chi connectivity index (χ1n) is 15.0. The molecule has 3 amide bonds. The van der Waals surface area contributed by atoms with Gasteiger partial charge in [-0.15, -0.1) is 0 Å². The molecular weight excluding hydrogens is 559 g/mol. The van der Waals surface area contributed by atoms with Crippen molar-refractivity contribution in [3.8, 4) is 0 Å². The van der Waals surface area contributed by atoms with Crippen LogP contribution in [0, 0.1) is 5.82 Å². The van der Waals surface area contributed by atoms with Crippen LogP contribution in [0.3, 0.4) is 0 Å². The highest BCUT2D eigenvalue weighted by Gasteiger charge is 2.38. The Morgan fingerprint density at radius 3 is 2.27 bits per heavy atom. The fraction of sp³-hybridized carbons (Fsp3) is 0.400. The number of likely N-dealkylation sites (tertiary alicyclic amines) is 1. The number of hydrogen-bond donors (Lipinski definition) is 2. The third-order valence-corrected chi connectivity index (χ3v) is 8.18. The van der Waals surface area contributed by atoms with E-state index in [1.54, 1.807) is 25.1 Å². The normalized spacial score (nSPS) is 15.8. The van der Waals surface area contributed by atoms with Gasteiger partial charge in [0.05, 0.1) is 6.10 Å². The zero-order valence-electron chi connectivity index (χ0n) is 25.9. The van der Waals surface area contributed by atoms with Gasteiger partial charge in [-0.3, -0.25) is 14.4 Å². The zero-order valence-corrected chi connectivity index (χ0v) is 25.9. The number of likely N-dealkylation sites (N-methyl/N-ethyl adjacent to an activating group) is 2. The molecule has 3 aromatic rings. The van der Waals surface area contributed by atoms with Crippen molar-refractivity contribution < 1.29 is 23.9 Å². The van der Waals surface area contributed by atoms with Crippen molar-refractivity contribution in [1.29, 1.82) is 0 Å². The number of carbonyl (C=O) groups excluding carboxylic acids is 3. The van der Waals surface area contributed by atoms with Gasteiger partial charge in [-0.2, -0.15) is 0 Å². The zero-order chi connectivity index (χ0) is 32.0. The predicted octanol–water partition coefficient (Wildman–Crippen LogP) is 4.22. The van der Waals surface area contributed by atoms with Crippen molar-refractivity contribution in [3.63, 3.8) is 0 Å². The van der Waals surface area contributed by atoms with Crippen molar-refractivity contribution in [1.82, 2.24) is 14.7 Å². The number of rotatable bonds is 10. The van der Waals surface area contributed by atoms with Crippen LogP contribution in [0.15, 0.2) is 78.9 Å². The summed E-state index contributed by atoms with van der Waals surface area (Å²) in [6.07, 6.45) is 4.22. The number of halogens is 1. The molecule has 0 aliphatic carbocycles. The SMILES string of the molecule is CN(C(=O)[C@@H](Cc1ccc2ccccc2c1)N(C)C(=O)/C=C/CC(C)(C)N)C(C(=O)N1CCC(O)CC1)c1ccc(F)cc1. The molecule has 1 saturated heterocycles. The van der Waals surface area contributed by atoms with Gasteiger partial charge in [-0.1, -0.05) is 60.7 Å². The molecule has 1 aliphatic rings. The first kappa shape index (κ1) is 32.8. The lowest BCUT2D eigenvalue weighted by molar-refractivity contribution is -0.150. The van der Waals surface area contributed by atoms with E-state index in [2.05, 4.69) is 0 Å². The highest BCUT2D eigenvalue weighted by Crippen LogP contribution is 2.27. The summed E-state index contributed by atoms with van der Waals surface area (Å²) in [6, 6.07) is 17.4. The number of aliphatic hydroxyl groups excluding tert-OH is 1. The molecule has 8 nitrogen and oxygen atoms in total. The Hall–Kier alpha value is -4.08. The number of nitrogens with zero attached hydrogens (tertiary/aromatic N) is 3. The largest absolute Gasteiger partial charge is 0.393 e. The third-order valence-electron chi connectivity index (χ3n) is 8.18. The molecule has 4 rings (SSSR count). The van der Waals surface area contributed by atoms with E-state index in [4.69, 9.17) is 5.73 Å². The summed E-state index contributed by atoms with van der Waals surface area (Å²) >= 11 is 0. The summed E-state index contributed by atoms with van der Waals surface area (Å²) in [4.78, 5) is 46.1. The molecule has 0 spiro atoms. The van der Waals surface area contributed by atoms with Crippen LogP contribution in [0.2, 0.25) is 0 Å². The molecule has 44 heavy (non-hydrogen) atoms. The van der Waals surface area contributed by atoms with E-state index in [0.29, 0.717) is 37.9 Å². The highest BCUT2D eigenvalue weighted by atomic mass is 19.1. The van der Waals surface area contributed by atoms with Crippen LogP contribution >= 0.6 is 0 Å². The summed E-state index contributed by atoms with van der Waals surface area (Å²) in [5.74, 6) is -1.57. The smallest absolute Gasteiger partial charge is 0.250 e. The Morgan fingerprint density at radius 2 is 1.64 bits per heavy atom. The van der Waals surface area contributed by atoms with Gasteiger partial charge in [0.2, 0.25) is 17.7 Å². The van der Waals surface area contributed by atoms with Gasteiger partial charge in [0.25, 0.3) is 0 Å². The monoisotopic (exact) mass is 602 g/mol. The van der Waals surface area contributed by atoms with Crippen molar-refractivity contribution in [2.45, 2.75) is 63.3 Å². The lowest BCUT2D eigenvalue weighted by Gasteiger charge is -2.38. The van der Waals surface area contributed by atoms with Crippen molar-refractivity contribution in [2.75, 3.05) is 27.2 Å². The predicted molar refractivity (Wildman–Crippen MR) is 170 cm³/mol. The van der Waals surface area contributed by atoms with E-state index in [1.165, 1.54) is 40.1 Å². The van der Waals surface area contributed by atoms with Gasteiger partial charge in [-0.05, 0) is 73.2 Å². The average Bonchev–Trinajstić information content (AvgIpc) is 2.99. The van der Waals surface area contributed by atoms with Crippen LogP contribution in [-0.2, 0) is 20.8 Å². The number of nitrogens with two attached hydrogens (primary N) is 1. The van der Waals surface area contributed by atoms with Gasteiger partial charge in [0.15, 0.2) is 0 Å². The molecule has 3 aromatic carbocycles. The Bertz CT molecular complexity index is 1490.